The molecule has 2 N–H and O–H groups in total. The Bertz CT molecular complexity index is 599. The van der Waals surface area contributed by atoms with Crippen LogP contribution in [0, 0.1) is 10.1 Å². The number of anilines is 1. The first-order chi connectivity index (χ1) is 8.58. The van der Waals surface area contributed by atoms with E-state index in [0.717, 1.165) is 0 Å². The summed E-state index contributed by atoms with van der Waals surface area (Å²) < 4.78 is 0. The number of carbonyl (C=O) groups excluding carboxylic acids is 1. The molecule has 1 heterocycles. The summed E-state index contributed by atoms with van der Waals surface area (Å²) in [4.78, 5) is 21.7. The predicted octanol–water partition coefficient (Wildman–Crippen LogP) is 1.01. The number of aromatic nitrogens is 4. The van der Waals surface area contributed by atoms with Crippen molar-refractivity contribution >= 4 is 28.9 Å². The van der Waals surface area contributed by atoms with E-state index in [1.807, 2.05) is 0 Å². The molecule has 0 spiro atoms. The molecular formula is C8H5ClN6O3. The van der Waals surface area contributed by atoms with Crippen LogP contribution in [0.1, 0.15) is 10.6 Å². The van der Waals surface area contributed by atoms with E-state index in [1.54, 1.807) is 0 Å². The number of nitro groups is 1. The minimum atomic E-state index is -0.728. The molecule has 2 aromatic rings. The van der Waals surface area contributed by atoms with Crippen molar-refractivity contribution in [3.8, 4) is 0 Å². The van der Waals surface area contributed by atoms with Gasteiger partial charge in [0.2, 0.25) is 0 Å². The van der Waals surface area contributed by atoms with E-state index in [-0.39, 0.29) is 22.2 Å². The van der Waals surface area contributed by atoms with Crippen LogP contribution < -0.4 is 5.32 Å². The highest BCUT2D eigenvalue weighted by Crippen LogP contribution is 2.27. The number of tetrazole rings is 1. The lowest BCUT2D eigenvalue weighted by Crippen LogP contribution is -2.14. The number of carbonyl (C=O) groups is 1. The van der Waals surface area contributed by atoms with E-state index >= 15 is 0 Å². The number of rotatable bonds is 3. The van der Waals surface area contributed by atoms with Crippen molar-refractivity contribution < 1.29 is 9.72 Å². The molecule has 0 aliphatic heterocycles. The average Bonchev–Trinajstić information content (AvgIpc) is 2.81. The molecule has 0 aliphatic carbocycles. The van der Waals surface area contributed by atoms with Gasteiger partial charge in [-0.25, -0.2) is 0 Å². The smallest absolute Gasteiger partial charge is 0.297 e. The number of nitrogens with zero attached hydrogens (tertiary/aromatic N) is 4. The molecular weight excluding hydrogens is 264 g/mol. The van der Waals surface area contributed by atoms with Crippen LogP contribution in [0.4, 0.5) is 11.4 Å². The summed E-state index contributed by atoms with van der Waals surface area (Å²) in [5.74, 6) is -0.960. The van der Waals surface area contributed by atoms with Crippen LogP contribution in [0.5, 0.6) is 0 Å². The van der Waals surface area contributed by atoms with Gasteiger partial charge in [0, 0.05) is 11.1 Å². The molecule has 0 bridgehead atoms. The number of aromatic amines is 1. The Labute approximate surface area is 104 Å². The summed E-state index contributed by atoms with van der Waals surface area (Å²) in [6, 6.07) is 3.80. The minimum absolute atomic E-state index is 0.0395. The summed E-state index contributed by atoms with van der Waals surface area (Å²) in [5, 5.41) is 25.5. The third kappa shape index (κ3) is 2.40. The Kier molecular flexibility index (Phi) is 3.15. The number of nitrogens with one attached hydrogen (secondary N) is 2. The maximum Gasteiger partial charge on any atom is 0.297 e. The van der Waals surface area contributed by atoms with E-state index in [2.05, 4.69) is 25.9 Å². The standard InChI is InChI=1S/C8H5ClN6O3/c9-4-1-2-6(15(17)18)5(3-4)10-8(16)7-11-13-14-12-7/h1-3H,(H,10,16)(H,11,12,13,14). The van der Waals surface area contributed by atoms with Crippen LogP contribution in [0.2, 0.25) is 5.02 Å². The lowest BCUT2D eigenvalue weighted by atomic mass is 10.2. The van der Waals surface area contributed by atoms with E-state index < -0.39 is 10.8 Å². The molecule has 0 saturated carbocycles. The van der Waals surface area contributed by atoms with Crippen molar-refractivity contribution in [2.24, 2.45) is 0 Å². The molecule has 9 nitrogen and oxygen atoms in total. The fourth-order valence-corrected chi connectivity index (χ4v) is 1.38. The van der Waals surface area contributed by atoms with E-state index in [4.69, 9.17) is 11.6 Å². The fraction of sp³-hybridized carbons (Fsp3) is 0. The molecule has 92 valence electrons. The van der Waals surface area contributed by atoms with Crippen molar-refractivity contribution in [2.45, 2.75) is 0 Å². The van der Waals surface area contributed by atoms with E-state index in [0.29, 0.717) is 0 Å². The van der Waals surface area contributed by atoms with Crippen LogP contribution in [-0.2, 0) is 0 Å². The molecule has 1 amide bonds. The van der Waals surface area contributed by atoms with Crippen molar-refractivity contribution in [1.82, 2.24) is 20.6 Å². The van der Waals surface area contributed by atoms with Crippen LogP contribution >= 0.6 is 11.6 Å². The number of hydrogen-bond donors (Lipinski definition) is 2. The molecule has 10 heteroatoms. The first-order valence-corrected chi connectivity index (χ1v) is 4.94. The van der Waals surface area contributed by atoms with Crippen LogP contribution in [0.25, 0.3) is 0 Å². The third-order valence-corrected chi connectivity index (χ3v) is 2.19. The summed E-state index contributed by atoms with van der Waals surface area (Å²) in [6.45, 7) is 0. The Morgan fingerprint density at radius 3 is 2.89 bits per heavy atom. The molecule has 0 saturated heterocycles. The fourth-order valence-electron chi connectivity index (χ4n) is 1.20. The van der Waals surface area contributed by atoms with Crippen molar-refractivity contribution in [3.05, 3.63) is 39.2 Å². The molecule has 0 fully saturated rings. The molecule has 0 atom stereocenters. The molecule has 0 aliphatic rings. The van der Waals surface area contributed by atoms with Gasteiger partial charge in [-0.2, -0.15) is 5.21 Å². The predicted molar refractivity (Wildman–Crippen MR) is 60.2 cm³/mol. The normalized spacial score (nSPS) is 10.1. The zero-order valence-electron chi connectivity index (χ0n) is 8.62. The lowest BCUT2D eigenvalue weighted by molar-refractivity contribution is -0.383. The molecule has 2 rings (SSSR count). The zero-order valence-corrected chi connectivity index (χ0v) is 9.38. The third-order valence-electron chi connectivity index (χ3n) is 1.95. The highest BCUT2D eigenvalue weighted by atomic mass is 35.5. The molecule has 1 aromatic heterocycles. The van der Waals surface area contributed by atoms with Gasteiger partial charge >= 0.3 is 0 Å². The zero-order chi connectivity index (χ0) is 13.1. The van der Waals surface area contributed by atoms with Gasteiger partial charge in [-0.3, -0.25) is 14.9 Å². The maximum atomic E-state index is 11.6. The van der Waals surface area contributed by atoms with Gasteiger partial charge < -0.3 is 5.32 Å². The first-order valence-electron chi connectivity index (χ1n) is 4.56. The SMILES string of the molecule is O=C(Nc1cc(Cl)ccc1[N+](=O)[O-])c1nn[nH]n1. The largest absolute Gasteiger partial charge is 0.313 e. The Balaban J connectivity index is 2.31. The second-order valence-corrected chi connectivity index (χ2v) is 3.54. The van der Waals surface area contributed by atoms with Crippen molar-refractivity contribution in [3.63, 3.8) is 0 Å². The summed E-state index contributed by atoms with van der Waals surface area (Å²) in [5.41, 5.74) is -0.321. The number of benzene rings is 1. The molecule has 0 unspecified atom stereocenters. The molecule has 18 heavy (non-hydrogen) atoms. The number of hydrogen-bond acceptors (Lipinski definition) is 6. The Morgan fingerprint density at radius 1 is 1.50 bits per heavy atom. The van der Waals surface area contributed by atoms with Crippen LogP contribution in [-0.4, -0.2) is 31.5 Å². The van der Waals surface area contributed by atoms with Crippen molar-refractivity contribution in [2.75, 3.05) is 5.32 Å². The highest BCUT2D eigenvalue weighted by molar-refractivity contribution is 6.31. The molecule has 0 radical (unpaired) electrons. The Morgan fingerprint density at radius 2 is 2.28 bits per heavy atom. The second-order valence-electron chi connectivity index (χ2n) is 3.11. The van der Waals surface area contributed by atoms with E-state index in [9.17, 15) is 14.9 Å². The average molecular weight is 269 g/mol. The summed E-state index contributed by atoms with van der Waals surface area (Å²) in [6.07, 6.45) is 0. The van der Waals surface area contributed by atoms with Crippen LogP contribution in [0.3, 0.4) is 0 Å². The van der Waals surface area contributed by atoms with Crippen molar-refractivity contribution in [1.29, 1.82) is 0 Å². The summed E-state index contributed by atoms with van der Waals surface area (Å²) in [7, 11) is 0. The maximum absolute atomic E-state index is 11.6. The minimum Gasteiger partial charge on any atom is -0.313 e. The number of halogens is 1. The van der Waals surface area contributed by atoms with E-state index in [1.165, 1.54) is 18.2 Å². The van der Waals surface area contributed by atoms with Gasteiger partial charge in [0.1, 0.15) is 5.69 Å². The quantitative estimate of drug-likeness (QED) is 0.632. The number of amides is 1. The van der Waals surface area contributed by atoms with Gasteiger partial charge in [-0.1, -0.05) is 11.6 Å². The van der Waals surface area contributed by atoms with Gasteiger partial charge in [0.25, 0.3) is 17.4 Å². The molecule has 1 aromatic carbocycles. The highest BCUT2D eigenvalue weighted by Gasteiger charge is 2.18. The summed E-state index contributed by atoms with van der Waals surface area (Å²) >= 11 is 5.71. The van der Waals surface area contributed by atoms with Gasteiger partial charge in [0.15, 0.2) is 0 Å². The number of H-pyrrole nitrogens is 1. The number of nitro benzene ring substituents is 1. The van der Waals surface area contributed by atoms with Crippen LogP contribution in [0.15, 0.2) is 18.2 Å². The lowest BCUT2D eigenvalue weighted by Gasteiger charge is -2.03. The first kappa shape index (κ1) is 11.9. The van der Waals surface area contributed by atoms with Gasteiger partial charge in [-0.05, 0) is 17.3 Å². The van der Waals surface area contributed by atoms with Gasteiger partial charge in [0.05, 0.1) is 4.92 Å². The van der Waals surface area contributed by atoms with Gasteiger partial charge in [-0.15, -0.1) is 10.2 Å². The second kappa shape index (κ2) is 4.75. The monoisotopic (exact) mass is 268 g/mol. The Hall–Kier alpha value is -2.55. The topological polar surface area (TPSA) is 127 Å².